The van der Waals surface area contributed by atoms with Gasteiger partial charge in [-0.05, 0) is 12.3 Å². The van der Waals surface area contributed by atoms with E-state index in [1.165, 1.54) is 11.3 Å². The third-order valence-corrected chi connectivity index (χ3v) is 4.96. The van der Waals surface area contributed by atoms with Crippen molar-refractivity contribution in [2.24, 2.45) is 11.8 Å². The maximum atomic E-state index is 12.2. The van der Waals surface area contributed by atoms with Crippen molar-refractivity contribution in [1.29, 1.82) is 0 Å². The van der Waals surface area contributed by atoms with Crippen LogP contribution in [0.4, 0.5) is 5.13 Å². The molecule has 0 aliphatic rings. The first kappa shape index (κ1) is 19.1. The highest BCUT2D eigenvalue weighted by Gasteiger charge is 2.26. The lowest BCUT2D eigenvalue weighted by molar-refractivity contribution is -0.144. The number of benzene rings is 1. The van der Waals surface area contributed by atoms with Gasteiger partial charge >= 0.3 is 5.97 Å². The highest BCUT2D eigenvalue weighted by atomic mass is 32.1. The number of carbonyl (C=O) groups is 2. The first-order chi connectivity index (χ1) is 12.0. The number of nitrogens with zero attached hydrogens (tertiary/aromatic N) is 1. The summed E-state index contributed by atoms with van der Waals surface area (Å²) in [5.41, 5.74) is 1.82. The topological polar surface area (TPSA) is 79.3 Å². The van der Waals surface area contributed by atoms with Crippen LogP contribution in [0.2, 0.25) is 0 Å². The molecule has 0 aliphatic carbocycles. The first-order valence-corrected chi connectivity index (χ1v) is 9.42. The van der Waals surface area contributed by atoms with Gasteiger partial charge in [0.05, 0.1) is 11.6 Å². The molecule has 0 radical (unpaired) electrons. The third kappa shape index (κ3) is 5.67. The summed E-state index contributed by atoms with van der Waals surface area (Å²) in [5.74, 6) is -1.71. The second-order valence-corrected chi connectivity index (χ2v) is 7.08. The van der Waals surface area contributed by atoms with E-state index in [0.717, 1.165) is 24.1 Å². The summed E-state index contributed by atoms with van der Waals surface area (Å²) in [6, 6.07) is 9.76. The lowest BCUT2D eigenvalue weighted by Gasteiger charge is -2.19. The zero-order valence-electron chi connectivity index (χ0n) is 14.6. The molecule has 6 heteroatoms. The van der Waals surface area contributed by atoms with E-state index in [9.17, 15) is 14.7 Å². The number of aromatic nitrogens is 1. The molecular formula is C19H24N2O3S. The number of nitrogens with one attached hydrogen (secondary N) is 1. The van der Waals surface area contributed by atoms with Crippen LogP contribution in [0.5, 0.6) is 0 Å². The van der Waals surface area contributed by atoms with E-state index in [2.05, 4.69) is 10.3 Å². The minimum Gasteiger partial charge on any atom is -0.481 e. The van der Waals surface area contributed by atoms with E-state index in [1.54, 1.807) is 0 Å². The second kappa shape index (κ2) is 9.32. The Kier molecular flexibility index (Phi) is 7.13. The standard InChI is InChI=1S/C19H24N2O3S/c1-3-4-10-15(18(23)24)13(2)11-17(22)21-19-20-16(12-25-19)14-8-6-5-7-9-14/h5-9,12-13,15H,3-4,10-11H2,1-2H3,(H,23,24)(H,20,21,22)/t13-,15+/m1/s1. The van der Waals surface area contributed by atoms with E-state index in [4.69, 9.17) is 0 Å². The van der Waals surface area contributed by atoms with Crippen LogP contribution in [0.25, 0.3) is 11.3 Å². The number of carboxylic acid groups (broad SMARTS) is 1. The molecule has 0 saturated heterocycles. The van der Waals surface area contributed by atoms with E-state index >= 15 is 0 Å². The van der Waals surface area contributed by atoms with Crippen LogP contribution < -0.4 is 5.32 Å². The molecule has 0 fully saturated rings. The van der Waals surface area contributed by atoms with Gasteiger partial charge in [-0.25, -0.2) is 4.98 Å². The Morgan fingerprint density at radius 3 is 2.64 bits per heavy atom. The SMILES string of the molecule is CCCC[C@H](C(=O)O)[C@H](C)CC(=O)Nc1nc(-c2ccccc2)cs1. The van der Waals surface area contributed by atoms with Gasteiger partial charge in [-0.3, -0.25) is 9.59 Å². The summed E-state index contributed by atoms with van der Waals surface area (Å²) >= 11 is 1.37. The first-order valence-electron chi connectivity index (χ1n) is 8.54. The lowest BCUT2D eigenvalue weighted by Crippen LogP contribution is -2.26. The Balaban J connectivity index is 1.93. The molecule has 2 aromatic rings. The normalized spacial score (nSPS) is 13.2. The van der Waals surface area contributed by atoms with Gasteiger partial charge in [0.1, 0.15) is 0 Å². The summed E-state index contributed by atoms with van der Waals surface area (Å²) < 4.78 is 0. The van der Waals surface area contributed by atoms with Crippen molar-refractivity contribution >= 4 is 28.3 Å². The number of aliphatic carboxylic acids is 1. The summed E-state index contributed by atoms with van der Waals surface area (Å²) in [4.78, 5) is 28.1. The fourth-order valence-electron chi connectivity index (χ4n) is 2.75. The molecule has 0 saturated carbocycles. The molecular weight excluding hydrogens is 336 g/mol. The summed E-state index contributed by atoms with van der Waals surface area (Å²) in [5, 5.41) is 14.6. The van der Waals surface area contributed by atoms with Crippen LogP contribution in [-0.4, -0.2) is 22.0 Å². The summed E-state index contributed by atoms with van der Waals surface area (Å²) in [7, 11) is 0. The van der Waals surface area contributed by atoms with Gasteiger partial charge in [-0.15, -0.1) is 11.3 Å². The number of amides is 1. The number of thiazole rings is 1. The lowest BCUT2D eigenvalue weighted by atomic mass is 9.87. The smallest absolute Gasteiger partial charge is 0.306 e. The van der Waals surface area contributed by atoms with E-state index in [1.807, 2.05) is 49.6 Å². The number of carboxylic acids is 1. The van der Waals surface area contributed by atoms with Crippen molar-refractivity contribution in [1.82, 2.24) is 4.98 Å². The summed E-state index contributed by atoms with van der Waals surface area (Å²) in [6.45, 7) is 3.86. The van der Waals surface area contributed by atoms with Gasteiger partial charge in [-0.1, -0.05) is 57.0 Å². The Bertz CT molecular complexity index is 700. The van der Waals surface area contributed by atoms with Gasteiger partial charge in [-0.2, -0.15) is 0 Å². The number of unbranched alkanes of at least 4 members (excludes halogenated alkanes) is 1. The van der Waals surface area contributed by atoms with Crippen molar-refractivity contribution < 1.29 is 14.7 Å². The van der Waals surface area contributed by atoms with Gasteiger partial charge in [0.25, 0.3) is 0 Å². The van der Waals surface area contributed by atoms with Crippen LogP contribution in [0.1, 0.15) is 39.5 Å². The molecule has 25 heavy (non-hydrogen) atoms. The van der Waals surface area contributed by atoms with Crippen LogP contribution >= 0.6 is 11.3 Å². The zero-order chi connectivity index (χ0) is 18.2. The fourth-order valence-corrected chi connectivity index (χ4v) is 3.49. The van der Waals surface area contributed by atoms with E-state index in [-0.39, 0.29) is 18.2 Å². The number of carbonyl (C=O) groups excluding carboxylic acids is 1. The van der Waals surface area contributed by atoms with Gasteiger partial charge in [0.2, 0.25) is 5.91 Å². The maximum absolute atomic E-state index is 12.2. The largest absolute Gasteiger partial charge is 0.481 e. The van der Waals surface area contributed by atoms with E-state index in [0.29, 0.717) is 11.6 Å². The molecule has 0 aliphatic heterocycles. The third-order valence-electron chi connectivity index (χ3n) is 4.20. The number of hydrogen-bond donors (Lipinski definition) is 2. The monoisotopic (exact) mass is 360 g/mol. The predicted octanol–water partition coefficient (Wildman–Crippen LogP) is 4.67. The molecule has 0 spiro atoms. The van der Waals surface area contributed by atoms with Crippen LogP contribution in [0, 0.1) is 11.8 Å². The zero-order valence-corrected chi connectivity index (χ0v) is 15.4. The van der Waals surface area contributed by atoms with Crippen LogP contribution in [0.3, 0.4) is 0 Å². The van der Waals surface area contributed by atoms with Crippen molar-refractivity contribution in [3.05, 3.63) is 35.7 Å². The Morgan fingerprint density at radius 2 is 2.00 bits per heavy atom. The average Bonchev–Trinajstić information content (AvgIpc) is 3.04. The van der Waals surface area contributed by atoms with Gasteiger partial charge in [0.15, 0.2) is 5.13 Å². The predicted molar refractivity (Wildman–Crippen MR) is 101 cm³/mol. The second-order valence-electron chi connectivity index (χ2n) is 6.22. The highest BCUT2D eigenvalue weighted by Crippen LogP contribution is 2.26. The Morgan fingerprint density at radius 1 is 1.28 bits per heavy atom. The molecule has 1 aromatic heterocycles. The molecule has 2 atom stereocenters. The Labute approximate surface area is 152 Å². The van der Waals surface area contributed by atoms with Gasteiger partial charge in [0, 0.05) is 17.4 Å². The number of anilines is 1. The van der Waals surface area contributed by atoms with Crippen molar-refractivity contribution in [3.8, 4) is 11.3 Å². The number of rotatable bonds is 9. The molecule has 2 rings (SSSR count). The highest BCUT2D eigenvalue weighted by molar-refractivity contribution is 7.14. The molecule has 0 unspecified atom stereocenters. The van der Waals surface area contributed by atoms with Crippen molar-refractivity contribution in [2.45, 2.75) is 39.5 Å². The molecule has 1 heterocycles. The number of hydrogen-bond acceptors (Lipinski definition) is 4. The van der Waals surface area contributed by atoms with E-state index < -0.39 is 11.9 Å². The molecule has 0 bridgehead atoms. The van der Waals surface area contributed by atoms with Crippen molar-refractivity contribution in [2.75, 3.05) is 5.32 Å². The maximum Gasteiger partial charge on any atom is 0.306 e. The average molecular weight is 360 g/mol. The van der Waals surface area contributed by atoms with Crippen molar-refractivity contribution in [3.63, 3.8) is 0 Å². The molecule has 5 nitrogen and oxygen atoms in total. The fraction of sp³-hybridized carbons (Fsp3) is 0.421. The van der Waals surface area contributed by atoms with Crippen LogP contribution in [0.15, 0.2) is 35.7 Å². The quantitative estimate of drug-likeness (QED) is 0.681. The minimum atomic E-state index is -0.825. The molecule has 2 N–H and O–H groups in total. The summed E-state index contributed by atoms with van der Waals surface area (Å²) in [6.07, 6.45) is 2.59. The molecule has 1 amide bonds. The Hall–Kier alpha value is -2.21. The molecule has 134 valence electrons. The van der Waals surface area contributed by atoms with Gasteiger partial charge < -0.3 is 10.4 Å². The van der Waals surface area contributed by atoms with Crippen LogP contribution in [-0.2, 0) is 9.59 Å². The molecule has 1 aromatic carbocycles. The minimum absolute atomic E-state index is 0.181.